The molecule has 0 bridgehead atoms. The third kappa shape index (κ3) is 2.51. The van der Waals surface area contributed by atoms with Crippen LogP contribution in [0.5, 0.6) is 0 Å². The number of imidazole rings is 1. The van der Waals surface area contributed by atoms with Crippen LogP contribution < -0.4 is 4.72 Å². The van der Waals surface area contributed by atoms with E-state index in [1.807, 2.05) is 0 Å². The van der Waals surface area contributed by atoms with E-state index in [4.69, 9.17) is 0 Å². The molecule has 0 radical (unpaired) electrons. The van der Waals surface area contributed by atoms with Gasteiger partial charge in [0, 0.05) is 18.9 Å². The summed E-state index contributed by atoms with van der Waals surface area (Å²) in [6, 6.07) is 5.06. The third-order valence-electron chi connectivity index (χ3n) is 2.46. The Bertz CT molecular complexity index is 643. The number of nitrogens with one attached hydrogen (secondary N) is 1. The molecule has 0 atom stereocenters. The molecule has 1 heterocycles. The molecule has 1 aromatic heterocycles. The molecule has 2 rings (SSSR count). The number of hydrogen-bond acceptors (Lipinski definition) is 3. The standard InChI is InChI=1S/C11H12FN3O2S/c1-8-13-11(7-15(8)2)18(16,17)14-10-5-3-9(12)4-6-10/h3-7,14H,1-2H3. The minimum Gasteiger partial charge on any atom is -0.337 e. The highest BCUT2D eigenvalue weighted by molar-refractivity contribution is 7.92. The van der Waals surface area contributed by atoms with Gasteiger partial charge in [0.15, 0.2) is 5.03 Å². The van der Waals surface area contributed by atoms with Crippen molar-refractivity contribution in [3.05, 3.63) is 42.1 Å². The Morgan fingerprint density at radius 2 is 1.89 bits per heavy atom. The number of sulfonamides is 1. The summed E-state index contributed by atoms with van der Waals surface area (Å²) in [6.07, 6.45) is 1.42. The maximum atomic E-state index is 12.7. The van der Waals surface area contributed by atoms with Gasteiger partial charge in [-0.3, -0.25) is 4.72 Å². The molecule has 0 aliphatic heterocycles. The largest absolute Gasteiger partial charge is 0.337 e. The monoisotopic (exact) mass is 269 g/mol. The fraction of sp³-hybridized carbons (Fsp3) is 0.182. The predicted molar refractivity (Wildman–Crippen MR) is 65.2 cm³/mol. The number of halogens is 1. The second kappa shape index (κ2) is 4.41. The molecule has 0 aliphatic carbocycles. The molecule has 0 amide bonds. The van der Waals surface area contributed by atoms with Gasteiger partial charge in [0.1, 0.15) is 11.6 Å². The molecule has 0 saturated heterocycles. The van der Waals surface area contributed by atoms with Crippen LogP contribution in [-0.4, -0.2) is 18.0 Å². The lowest BCUT2D eigenvalue weighted by molar-refractivity contribution is 0.597. The summed E-state index contributed by atoms with van der Waals surface area (Å²) in [7, 11) is -2.02. The van der Waals surface area contributed by atoms with Crippen LogP contribution in [0.1, 0.15) is 5.82 Å². The molecule has 0 unspecified atom stereocenters. The van der Waals surface area contributed by atoms with Gasteiger partial charge in [-0.25, -0.2) is 9.37 Å². The van der Waals surface area contributed by atoms with Gasteiger partial charge in [-0.05, 0) is 31.2 Å². The normalized spacial score (nSPS) is 11.5. The Kier molecular flexibility index (Phi) is 3.08. The maximum Gasteiger partial charge on any atom is 0.280 e. The van der Waals surface area contributed by atoms with Gasteiger partial charge in [-0.2, -0.15) is 8.42 Å². The fourth-order valence-electron chi connectivity index (χ4n) is 1.38. The van der Waals surface area contributed by atoms with Gasteiger partial charge in [-0.1, -0.05) is 0 Å². The first kappa shape index (κ1) is 12.6. The Hall–Kier alpha value is -1.89. The number of rotatable bonds is 3. The number of nitrogens with zero attached hydrogens (tertiary/aromatic N) is 2. The van der Waals surface area contributed by atoms with E-state index in [-0.39, 0.29) is 5.03 Å². The second-order valence-corrected chi connectivity index (χ2v) is 5.48. The smallest absolute Gasteiger partial charge is 0.280 e. The number of aromatic nitrogens is 2. The predicted octanol–water partition coefficient (Wildman–Crippen LogP) is 1.67. The summed E-state index contributed by atoms with van der Waals surface area (Å²) in [5, 5.41) is -0.0631. The lowest BCUT2D eigenvalue weighted by Gasteiger charge is -2.04. The molecule has 0 saturated carbocycles. The van der Waals surface area contributed by atoms with Crippen molar-refractivity contribution >= 4 is 15.7 Å². The third-order valence-corrected chi connectivity index (χ3v) is 3.71. The van der Waals surface area contributed by atoms with Gasteiger partial charge < -0.3 is 4.57 Å². The van der Waals surface area contributed by atoms with Gasteiger partial charge in [-0.15, -0.1) is 0 Å². The van der Waals surface area contributed by atoms with E-state index in [0.29, 0.717) is 11.5 Å². The summed E-state index contributed by atoms with van der Waals surface area (Å²) in [5.41, 5.74) is 0.291. The Labute approximate surface area is 104 Å². The van der Waals surface area contributed by atoms with E-state index in [1.54, 1.807) is 18.5 Å². The zero-order valence-electron chi connectivity index (χ0n) is 9.88. The number of benzene rings is 1. The number of anilines is 1. The van der Waals surface area contributed by atoms with Crippen molar-refractivity contribution in [2.45, 2.75) is 11.9 Å². The summed E-state index contributed by atoms with van der Waals surface area (Å²) in [6.45, 7) is 1.71. The molecule has 7 heteroatoms. The lowest BCUT2D eigenvalue weighted by Crippen LogP contribution is -2.13. The van der Waals surface area contributed by atoms with Crippen molar-refractivity contribution in [1.29, 1.82) is 0 Å². The zero-order chi connectivity index (χ0) is 13.3. The van der Waals surface area contributed by atoms with Crippen molar-refractivity contribution in [3.8, 4) is 0 Å². The van der Waals surface area contributed by atoms with Gasteiger partial charge in [0.2, 0.25) is 0 Å². The Balaban J connectivity index is 2.29. The summed E-state index contributed by atoms with van der Waals surface area (Å²) in [4.78, 5) is 3.93. The molecule has 5 nitrogen and oxygen atoms in total. The molecule has 0 spiro atoms. The number of aryl methyl sites for hydroxylation is 2. The van der Waals surface area contributed by atoms with E-state index in [0.717, 1.165) is 0 Å². The van der Waals surface area contributed by atoms with Crippen molar-refractivity contribution in [2.24, 2.45) is 7.05 Å². The van der Waals surface area contributed by atoms with E-state index in [9.17, 15) is 12.8 Å². The van der Waals surface area contributed by atoms with Crippen molar-refractivity contribution in [3.63, 3.8) is 0 Å². The first-order valence-electron chi connectivity index (χ1n) is 5.17. The first-order valence-corrected chi connectivity index (χ1v) is 6.65. The van der Waals surface area contributed by atoms with Crippen LogP contribution in [0.2, 0.25) is 0 Å². The van der Waals surface area contributed by atoms with Gasteiger partial charge in [0.05, 0.1) is 0 Å². The molecule has 2 aromatic rings. The summed E-state index contributed by atoms with van der Waals surface area (Å²) in [5.74, 6) is 0.168. The van der Waals surface area contributed by atoms with E-state index in [1.165, 1.54) is 30.5 Å². The van der Waals surface area contributed by atoms with Crippen LogP contribution in [0.4, 0.5) is 10.1 Å². The van der Waals surface area contributed by atoms with E-state index < -0.39 is 15.8 Å². The van der Waals surface area contributed by atoms with Crippen LogP contribution in [0.15, 0.2) is 35.5 Å². The molecule has 0 aliphatic rings. The molecule has 1 aromatic carbocycles. The molecule has 18 heavy (non-hydrogen) atoms. The first-order chi connectivity index (χ1) is 8.38. The Morgan fingerprint density at radius 1 is 1.28 bits per heavy atom. The number of hydrogen-bond donors (Lipinski definition) is 1. The maximum absolute atomic E-state index is 12.7. The minimum absolute atomic E-state index is 0.0631. The van der Waals surface area contributed by atoms with Crippen LogP contribution in [0.3, 0.4) is 0 Å². The zero-order valence-corrected chi connectivity index (χ0v) is 10.7. The molecule has 1 N–H and O–H groups in total. The van der Waals surface area contributed by atoms with E-state index >= 15 is 0 Å². The van der Waals surface area contributed by atoms with Gasteiger partial charge >= 0.3 is 0 Å². The second-order valence-electron chi connectivity index (χ2n) is 3.85. The highest BCUT2D eigenvalue weighted by Gasteiger charge is 2.18. The van der Waals surface area contributed by atoms with Crippen LogP contribution in [-0.2, 0) is 17.1 Å². The van der Waals surface area contributed by atoms with Crippen molar-refractivity contribution in [1.82, 2.24) is 9.55 Å². The lowest BCUT2D eigenvalue weighted by atomic mass is 10.3. The van der Waals surface area contributed by atoms with Gasteiger partial charge in [0.25, 0.3) is 10.0 Å². The van der Waals surface area contributed by atoms with Crippen LogP contribution in [0.25, 0.3) is 0 Å². The highest BCUT2D eigenvalue weighted by atomic mass is 32.2. The topological polar surface area (TPSA) is 64.0 Å². The van der Waals surface area contributed by atoms with Crippen LogP contribution >= 0.6 is 0 Å². The fourth-order valence-corrected chi connectivity index (χ4v) is 2.48. The summed E-state index contributed by atoms with van der Waals surface area (Å²) < 4.78 is 40.6. The van der Waals surface area contributed by atoms with Crippen molar-refractivity contribution < 1.29 is 12.8 Å². The molecule has 0 fully saturated rings. The SMILES string of the molecule is Cc1nc(S(=O)(=O)Nc2ccc(F)cc2)cn1C. The summed E-state index contributed by atoms with van der Waals surface area (Å²) >= 11 is 0. The molecule has 96 valence electrons. The van der Waals surface area contributed by atoms with E-state index in [2.05, 4.69) is 9.71 Å². The van der Waals surface area contributed by atoms with Crippen molar-refractivity contribution in [2.75, 3.05) is 4.72 Å². The highest BCUT2D eigenvalue weighted by Crippen LogP contribution is 2.15. The molecular weight excluding hydrogens is 257 g/mol. The average molecular weight is 269 g/mol. The molecular formula is C11H12FN3O2S. The van der Waals surface area contributed by atoms with Crippen LogP contribution in [0, 0.1) is 12.7 Å². The average Bonchev–Trinajstić information content (AvgIpc) is 2.63. The quantitative estimate of drug-likeness (QED) is 0.921. The Morgan fingerprint density at radius 3 is 2.39 bits per heavy atom. The minimum atomic E-state index is -3.73.